The molecule has 1 saturated carbocycles. The number of rotatable bonds is 5. The molecular weight excluding hydrogens is 560 g/mol. The van der Waals surface area contributed by atoms with Gasteiger partial charge < -0.3 is 30.1 Å². The molecule has 1 aliphatic heterocycles. The summed E-state index contributed by atoms with van der Waals surface area (Å²) in [4.78, 5) is 23.8. The van der Waals surface area contributed by atoms with Gasteiger partial charge in [0.05, 0.1) is 19.8 Å². The Labute approximate surface area is 232 Å². The molecule has 2 aromatic carbocycles. The number of carbonyl (C=O) groups is 2. The third-order valence-electron chi connectivity index (χ3n) is 7.53. The molecule has 0 aromatic heterocycles. The predicted molar refractivity (Wildman–Crippen MR) is 137 cm³/mol. The van der Waals surface area contributed by atoms with Crippen molar-refractivity contribution in [3.05, 3.63) is 53.6 Å². The van der Waals surface area contributed by atoms with E-state index in [1.165, 1.54) is 17.7 Å². The van der Waals surface area contributed by atoms with Gasteiger partial charge in [-0.2, -0.15) is 26.3 Å². The van der Waals surface area contributed by atoms with Crippen LogP contribution in [0.3, 0.4) is 0 Å². The zero-order valence-corrected chi connectivity index (χ0v) is 22.5. The van der Waals surface area contributed by atoms with E-state index in [0.717, 1.165) is 44.4 Å². The van der Waals surface area contributed by atoms with Crippen LogP contribution in [0.2, 0.25) is 0 Å². The number of benzene rings is 2. The quantitative estimate of drug-likeness (QED) is 0.388. The topological polar surface area (TPSA) is 100 Å². The summed E-state index contributed by atoms with van der Waals surface area (Å²) in [6, 6.07) is 10.4. The van der Waals surface area contributed by atoms with Crippen LogP contribution in [0.1, 0.15) is 36.8 Å². The Morgan fingerprint density at radius 2 is 1.59 bits per heavy atom. The number of likely N-dealkylation sites (N-methyl/N-ethyl adjacent to an activating group) is 1. The number of anilines is 1. The minimum absolute atomic E-state index is 0.0314. The maximum atomic E-state index is 12.7. The molecule has 3 atom stereocenters. The Hall–Kier alpha value is -3.68. The summed E-state index contributed by atoms with van der Waals surface area (Å²) >= 11 is 0. The number of hydrogen-bond donors (Lipinski definition) is 3. The highest BCUT2D eigenvalue weighted by atomic mass is 19.4. The summed E-state index contributed by atoms with van der Waals surface area (Å²) in [6.45, 7) is 0.962. The number of alkyl halides is 6. The summed E-state index contributed by atoms with van der Waals surface area (Å²) < 4.78 is 80.9. The summed E-state index contributed by atoms with van der Waals surface area (Å²) in [5, 5.41) is 12.8. The third kappa shape index (κ3) is 7.54. The first-order chi connectivity index (χ1) is 19.1. The first kappa shape index (κ1) is 31.8. The normalized spacial score (nSPS) is 22.6. The highest BCUT2D eigenvalue weighted by molar-refractivity contribution is 5.89. The second-order valence-corrected chi connectivity index (χ2v) is 9.92. The number of nitrogens with one attached hydrogen (secondary N) is 2. The molecule has 14 heteroatoms. The SMILES string of the molecule is COc1ccc(C23CCC(NC(=O)Nc4ccc(C(F)(F)F)cc4)CC2N(C)CC3)cc1OC.O=C(O)C(F)(F)F. The molecule has 226 valence electrons. The van der Waals surface area contributed by atoms with E-state index in [-0.39, 0.29) is 17.5 Å². The van der Waals surface area contributed by atoms with Gasteiger partial charge in [0.15, 0.2) is 11.5 Å². The Balaban J connectivity index is 0.000000587. The lowest BCUT2D eigenvalue weighted by Gasteiger charge is -2.45. The molecule has 8 nitrogen and oxygen atoms in total. The number of ether oxygens (including phenoxy) is 2. The molecule has 1 saturated heterocycles. The lowest BCUT2D eigenvalue weighted by molar-refractivity contribution is -0.192. The molecule has 2 fully saturated rings. The van der Waals surface area contributed by atoms with Gasteiger partial charge in [0.1, 0.15) is 0 Å². The van der Waals surface area contributed by atoms with E-state index in [9.17, 15) is 31.1 Å². The van der Waals surface area contributed by atoms with Crippen molar-refractivity contribution in [3.8, 4) is 11.5 Å². The Morgan fingerprint density at radius 1 is 0.976 bits per heavy atom. The standard InChI is InChI=1S/C25H30F3N3O3.C2HF3O2/c1-31-13-12-24(17-6-9-20(33-2)21(14-17)34-3)11-10-19(15-22(24)31)30-23(32)29-18-7-4-16(5-8-18)25(26,27)28;3-2(4,5)1(6)7/h4-9,14,19,22H,10-13,15H2,1-3H3,(H2,29,30,32);(H,6,7). The number of carboxylic acids is 1. The number of urea groups is 1. The molecule has 2 aliphatic rings. The van der Waals surface area contributed by atoms with Crippen molar-refractivity contribution < 1.29 is 50.5 Å². The van der Waals surface area contributed by atoms with E-state index < -0.39 is 29.9 Å². The van der Waals surface area contributed by atoms with Crippen molar-refractivity contribution in [1.29, 1.82) is 0 Å². The Morgan fingerprint density at radius 3 is 2.12 bits per heavy atom. The van der Waals surface area contributed by atoms with Crippen molar-refractivity contribution >= 4 is 17.7 Å². The minimum atomic E-state index is -5.08. The number of carboxylic acid groups (broad SMARTS) is 1. The van der Waals surface area contributed by atoms with E-state index in [4.69, 9.17) is 19.4 Å². The number of nitrogens with zero attached hydrogens (tertiary/aromatic N) is 1. The van der Waals surface area contributed by atoms with E-state index in [1.54, 1.807) is 14.2 Å². The maximum Gasteiger partial charge on any atom is 0.490 e. The van der Waals surface area contributed by atoms with Crippen LogP contribution in [0.15, 0.2) is 42.5 Å². The molecule has 3 unspecified atom stereocenters. The number of methoxy groups -OCH3 is 2. The van der Waals surface area contributed by atoms with Crippen molar-refractivity contribution in [3.63, 3.8) is 0 Å². The van der Waals surface area contributed by atoms with Crippen molar-refractivity contribution in [1.82, 2.24) is 10.2 Å². The Kier molecular flexibility index (Phi) is 9.67. The van der Waals surface area contributed by atoms with E-state index >= 15 is 0 Å². The number of hydrogen-bond acceptors (Lipinski definition) is 5. The van der Waals surface area contributed by atoms with Crippen LogP contribution in [-0.4, -0.2) is 68.1 Å². The van der Waals surface area contributed by atoms with Gasteiger partial charge in [-0.05, 0) is 81.2 Å². The summed E-state index contributed by atoms with van der Waals surface area (Å²) in [5.41, 5.74) is 0.753. The van der Waals surface area contributed by atoms with Crippen LogP contribution in [0, 0.1) is 0 Å². The predicted octanol–water partition coefficient (Wildman–Crippen LogP) is 5.67. The largest absolute Gasteiger partial charge is 0.493 e. The summed E-state index contributed by atoms with van der Waals surface area (Å²) in [7, 11) is 5.36. The minimum Gasteiger partial charge on any atom is -0.493 e. The van der Waals surface area contributed by atoms with Crippen LogP contribution in [0.4, 0.5) is 36.8 Å². The van der Waals surface area contributed by atoms with E-state index in [2.05, 4.69) is 34.7 Å². The van der Waals surface area contributed by atoms with Gasteiger partial charge in [0, 0.05) is 23.2 Å². The van der Waals surface area contributed by atoms with Gasteiger partial charge >= 0.3 is 24.4 Å². The highest BCUT2D eigenvalue weighted by Gasteiger charge is 2.50. The zero-order valence-electron chi connectivity index (χ0n) is 22.5. The molecule has 0 bridgehead atoms. The van der Waals surface area contributed by atoms with Gasteiger partial charge in [0.25, 0.3) is 0 Å². The summed E-state index contributed by atoms with van der Waals surface area (Å²) in [5.74, 6) is -1.35. The molecule has 4 rings (SSSR count). The first-order valence-corrected chi connectivity index (χ1v) is 12.6. The van der Waals surface area contributed by atoms with Crippen molar-refractivity contribution in [2.75, 3.05) is 33.1 Å². The molecule has 41 heavy (non-hydrogen) atoms. The lowest BCUT2D eigenvalue weighted by atomic mass is 9.65. The second-order valence-electron chi connectivity index (χ2n) is 9.92. The molecule has 3 N–H and O–H groups in total. The van der Waals surface area contributed by atoms with Crippen LogP contribution in [-0.2, 0) is 16.4 Å². The monoisotopic (exact) mass is 591 g/mol. The van der Waals surface area contributed by atoms with Crippen LogP contribution in [0.25, 0.3) is 0 Å². The number of carbonyl (C=O) groups excluding carboxylic acids is 1. The van der Waals surface area contributed by atoms with Gasteiger partial charge in [0.2, 0.25) is 0 Å². The molecule has 0 radical (unpaired) electrons. The molecule has 1 heterocycles. The smallest absolute Gasteiger partial charge is 0.490 e. The molecular formula is C27H31F6N3O5. The zero-order chi connectivity index (χ0) is 30.6. The fraction of sp³-hybridized carbons (Fsp3) is 0.481. The summed E-state index contributed by atoms with van der Waals surface area (Å²) in [6.07, 6.45) is -5.97. The molecule has 0 spiro atoms. The Bertz CT molecular complexity index is 1220. The van der Waals surface area contributed by atoms with Crippen molar-refractivity contribution in [2.45, 2.75) is 55.5 Å². The molecule has 2 aromatic rings. The van der Waals surface area contributed by atoms with Crippen LogP contribution >= 0.6 is 0 Å². The molecule has 1 aliphatic carbocycles. The lowest BCUT2D eigenvalue weighted by Crippen LogP contribution is -2.52. The number of amides is 2. The average Bonchev–Trinajstić information content (AvgIpc) is 3.24. The van der Waals surface area contributed by atoms with E-state index in [0.29, 0.717) is 17.2 Å². The van der Waals surface area contributed by atoms with Crippen molar-refractivity contribution in [2.24, 2.45) is 0 Å². The third-order valence-corrected chi connectivity index (χ3v) is 7.53. The number of halogens is 6. The van der Waals surface area contributed by atoms with Gasteiger partial charge in [-0.15, -0.1) is 0 Å². The number of fused-ring (bicyclic) bond motifs is 1. The fourth-order valence-electron chi connectivity index (χ4n) is 5.49. The average molecular weight is 592 g/mol. The van der Waals surface area contributed by atoms with Gasteiger partial charge in [-0.25, -0.2) is 9.59 Å². The number of likely N-dealkylation sites (tertiary alicyclic amines) is 1. The molecule has 2 amide bonds. The van der Waals surface area contributed by atoms with Crippen LogP contribution in [0.5, 0.6) is 11.5 Å². The first-order valence-electron chi connectivity index (χ1n) is 12.6. The van der Waals surface area contributed by atoms with E-state index in [1.807, 2.05) is 6.07 Å². The highest BCUT2D eigenvalue weighted by Crippen LogP contribution is 2.49. The van der Waals surface area contributed by atoms with Crippen LogP contribution < -0.4 is 20.1 Å². The van der Waals surface area contributed by atoms with Gasteiger partial charge in [-0.3, -0.25) is 0 Å². The van der Waals surface area contributed by atoms with Gasteiger partial charge in [-0.1, -0.05) is 6.07 Å². The number of aliphatic carboxylic acids is 1. The fourth-order valence-corrected chi connectivity index (χ4v) is 5.49. The second kappa shape index (κ2) is 12.5. The maximum absolute atomic E-state index is 12.7.